The van der Waals surface area contributed by atoms with E-state index >= 15 is 0 Å². The molecule has 0 aliphatic rings. The van der Waals surface area contributed by atoms with E-state index in [-0.39, 0.29) is 17.8 Å². The molecule has 1 amide bonds. The van der Waals surface area contributed by atoms with Gasteiger partial charge >= 0.3 is 0 Å². The Kier molecular flexibility index (Phi) is 7.76. The lowest BCUT2D eigenvalue weighted by atomic mass is 9.98. The molecule has 2 aromatic carbocycles. The molecular formula is C24H29FN4O2. The number of halogens is 1. The fourth-order valence-electron chi connectivity index (χ4n) is 3.38. The molecule has 0 saturated carbocycles. The van der Waals surface area contributed by atoms with Gasteiger partial charge in [0.05, 0.1) is 30.3 Å². The van der Waals surface area contributed by atoms with E-state index in [4.69, 9.17) is 4.74 Å². The first kappa shape index (κ1) is 22.5. The molecule has 2 atom stereocenters. The molecule has 0 spiro atoms. The van der Waals surface area contributed by atoms with E-state index in [0.29, 0.717) is 29.5 Å². The van der Waals surface area contributed by atoms with Crippen molar-refractivity contribution in [2.45, 2.75) is 46.1 Å². The number of carbonyl (C=O) groups excluding carboxylic acids is 1. The summed E-state index contributed by atoms with van der Waals surface area (Å²) in [7, 11) is 0. The highest BCUT2D eigenvalue weighted by Gasteiger charge is 2.17. The molecule has 0 fully saturated rings. The number of aromatic nitrogens is 3. The van der Waals surface area contributed by atoms with Crippen molar-refractivity contribution in [3.8, 4) is 11.4 Å². The van der Waals surface area contributed by atoms with Crippen molar-refractivity contribution < 1.29 is 13.9 Å². The van der Waals surface area contributed by atoms with Gasteiger partial charge in [-0.25, -0.2) is 4.39 Å². The maximum absolute atomic E-state index is 13.3. The Hall–Kier alpha value is -3.22. The van der Waals surface area contributed by atoms with E-state index in [0.717, 1.165) is 24.8 Å². The molecule has 31 heavy (non-hydrogen) atoms. The van der Waals surface area contributed by atoms with Crippen LogP contribution in [0.2, 0.25) is 0 Å². The van der Waals surface area contributed by atoms with Gasteiger partial charge in [-0.2, -0.15) is 15.0 Å². The molecule has 1 N–H and O–H groups in total. The van der Waals surface area contributed by atoms with Crippen LogP contribution in [0.25, 0.3) is 5.69 Å². The van der Waals surface area contributed by atoms with Crippen LogP contribution in [0.1, 0.15) is 49.0 Å². The number of hydrogen-bond acceptors (Lipinski definition) is 4. The zero-order valence-electron chi connectivity index (χ0n) is 18.2. The third kappa shape index (κ3) is 6.38. The number of carbonyl (C=O) groups is 1. The smallest absolute Gasteiger partial charge is 0.253 e. The highest BCUT2D eigenvalue weighted by Crippen LogP contribution is 2.19. The topological polar surface area (TPSA) is 69.0 Å². The Bertz CT molecular complexity index is 991. The predicted octanol–water partition coefficient (Wildman–Crippen LogP) is 4.72. The average molecular weight is 425 g/mol. The first-order valence-corrected chi connectivity index (χ1v) is 10.6. The molecule has 164 valence electrons. The quantitative estimate of drug-likeness (QED) is 0.511. The fraction of sp³-hybridized carbons (Fsp3) is 0.375. The van der Waals surface area contributed by atoms with Crippen molar-refractivity contribution in [2.24, 2.45) is 5.92 Å². The largest absolute Gasteiger partial charge is 0.493 e. The number of nitrogens with zero attached hydrogens (tertiary/aromatic N) is 3. The second kappa shape index (κ2) is 10.7. The monoisotopic (exact) mass is 424 g/mol. The summed E-state index contributed by atoms with van der Waals surface area (Å²) in [5.74, 6) is 0.416. The molecule has 1 heterocycles. The molecule has 0 bridgehead atoms. The Balaban J connectivity index is 1.55. The fourth-order valence-corrected chi connectivity index (χ4v) is 3.38. The van der Waals surface area contributed by atoms with E-state index in [1.54, 1.807) is 24.5 Å². The highest BCUT2D eigenvalue weighted by atomic mass is 19.1. The maximum atomic E-state index is 13.3. The summed E-state index contributed by atoms with van der Waals surface area (Å²) < 4.78 is 19.1. The molecular weight excluding hydrogens is 395 g/mol. The van der Waals surface area contributed by atoms with Crippen LogP contribution in [-0.2, 0) is 0 Å². The minimum Gasteiger partial charge on any atom is -0.493 e. The minimum absolute atomic E-state index is 0.00494. The second-order valence-electron chi connectivity index (χ2n) is 7.83. The molecule has 3 rings (SSSR count). The highest BCUT2D eigenvalue weighted by molar-refractivity contribution is 5.98. The summed E-state index contributed by atoms with van der Waals surface area (Å²) in [6.45, 7) is 6.58. The molecule has 6 nitrogen and oxygen atoms in total. The van der Waals surface area contributed by atoms with Gasteiger partial charge in [0.1, 0.15) is 11.6 Å². The molecule has 3 aromatic rings. The normalized spacial score (nSPS) is 12.9. The van der Waals surface area contributed by atoms with Crippen LogP contribution < -0.4 is 10.1 Å². The molecule has 0 saturated heterocycles. The average Bonchev–Trinajstić information content (AvgIpc) is 3.28. The van der Waals surface area contributed by atoms with E-state index in [1.165, 1.54) is 16.9 Å². The van der Waals surface area contributed by atoms with Gasteiger partial charge in [0.15, 0.2) is 0 Å². The lowest BCUT2D eigenvalue weighted by Gasteiger charge is -2.20. The molecule has 0 radical (unpaired) electrons. The summed E-state index contributed by atoms with van der Waals surface area (Å²) >= 11 is 0. The molecule has 7 heteroatoms. The van der Waals surface area contributed by atoms with Crippen LogP contribution in [-0.4, -0.2) is 33.5 Å². The summed E-state index contributed by atoms with van der Waals surface area (Å²) in [5.41, 5.74) is 2.19. The van der Waals surface area contributed by atoms with Crippen LogP contribution >= 0.6 is 0 Å². The van der Waals surface area contributed by atoms with E-state index in [1.807, 2.05) is 32.0 Å². The molecule has 1 aromatic heterocycles. The van der Waals surface area contributed by atoms with E-state index in [2.05, 4.69) is 22.4 Å². The third-order valence-corrected chi connectivity index (χ3v) is 5.28. The number of benzene rings is 2. The SMILES string of the molecule is CC[C@@H](CC[C@@H](C)NC(=O)c1cc(C)ccc1-n1nccn1)COc1cccc(F)c1. The van der Waals surface area contributed by atoms with Crippen molar-refractivity contribution in [1.29, 1.82) is 0 Å². The van der Waals surface area contributed by atoms with Crippen LogP contribution in [0.5, 0.6) is 5.75 Å². The van der Waals surface area contributed by atoms with Gasteiger partial charge in [0.2, 0.25) is 0 Å². The van der Waals surface area contributed by atoms with Crippen molar-refractivity contribution >= 4 is 5.91 Å². The summed E-state index contributed by atoms with van der Waals surface area (Å²) in [6, 6.07) is 11.8. The second-order valence-corrected chi connectivity index (χ2v) is 7.83. The number of ether oxygens (including phenoxy) is 1. The van der Waals surface area contributed by atoms with Gasteiger partial charge in [-0.1, -0.05) is 31.0 Å². The number of amides is 1. The van der Waals surface area contributed by atoms with Crippen LogP contribution in [0, 0.1) is 18.7 Å². The lowest BCUT2D eigenvalue weighted by molar-refractivity contribution is 0.0935. The summed E-state index contributed by atoms with van der Waals surface area (Å²) in [4.78, 5) is 14.4. The van der Waals surface area contributed by atoms with E-state index in [9.17, 15) is 9.18 Å². The van der Waals surface area contributed by atoms with Gasteiger partial charge in [0.25, 0.3) is 5.91 Å². The maximum Gasteiger partial charge on any atom is 0.253 e. The Morgan fingerprint density at radius 3 is 2.65 bits per heavy atom. The van der Waals surface area contributed by atoms with Crippen LogP contribution in [0.15, 0.2) is 54.9 Å². The Labute approximate surface area is 182 Å². The van der Waals surface area contributed by atoms with E-state index < -0.39 is 0 Å². The van der Waals surface area contributed by atoms with Crippen molar-refractivity contribution in [3.05, 3.63) is 71.8 Å². The van der Waals surface area contributed by atoms with Gasteiger partial charge in [0, 0.05) is 12.1 Å². The minimum atomic E-state index is -0.303. The van der Waals surface area contributed by atoms with Gasteiger partial charge in [-0.3, -0.25) is 4.79 Å². The Morgan fingerprint density at radius 2 is 1.94 bits per heavy atom. The number of hydrogen-bond donors (Lipinski definition) is 1. The Morgan fingerprint density at radius 1 is 1.16 bits per heavy atom. The number of aryl methyl sites for hydroxylation is 1. The van der Waals surface area contributed by atoms with Gasteiger partial charge in [-0.05, 0) is 56.9 Å². The first-order chi connectivity index (χ1) is 15.0. The zero-order valence-corrected chi connectivity index (χ0v) is 18.2. The van der Waals surface area contributed by atoms with Crippen LogP contribution in [0.3, 0.4) is 0 Å². The van der Waals surface area contributed by atoms with Crippen molar-refractivity contribution in [2.75, 3.05) is 6.61 Å². The van der Waals surface area contributed by atoms with Crippen LogP contribution in [0.4, 0.5) is 4.39 Å². The number of rotatable bonds is 10. The lowest BCUT2D eigenvalue weighted by Crippen LogP contribution is -2.34. The standard InChI is InChI=1S/C24H29FN4O2/c1-4-19(16-31-21-7-5-6-20(25)15-21)10-9-18(3)28-24(30)22-14-17(2)8-11-23(22)29-26-12-13-27-29/h5-8,11-15,18-19H,4,9-10,16H2,1-3H3,(H,28,30)/t18-,19+/m1/s1. The van der Waals surface area contributed by atoms with Crippen molar-refractivity contribution in [1.82, 2.24) is 20.3 Å². The van der Waals surface area contributed by atoms with Crippen molar-refractivity contribution in [3.63, 3.8) is 0 Å². The third-order valence-electron chi connectivity index (χ3n) is 5.28. The molecule has 0 unspecified atom stereocenters. The number of nitrogens with one attached hydrogen (secondary N) is 1. The van der Waals surface area contributed by atoms with Gasteiger partial charge in [-0.15, -0.1) is 0 Å². The first-order valence-electron chi connectivity index (χ1n) is 10.6. The predicted molar refractivity (Wildman–Crippen MR) is 118 cm³/mol. The molecule has 0 aliphatic heterocycles. The summed E-state index contributed by atoms with van der Waals surface area (Å²) in [5, 5.41) is 11.4. The summed E-state index contributed by atoms with van der Waals surface area (Å²) in [6.07, 6.45) is 5.83. The molecule has 0 aliphatic carbocycles. The van der Waals surface area contributed by atoms with Gasteiger partial charge < -0.3 is 10.1 Å². The zero-order chi connectivity index (χ0) is 22.2.